The monoisotopic (exact) mass is 620 g/mol. The maximum absolute atomic E-state index is 13.9. The molecule has 0 bridgehead atoms. The van der Waals surface area contributed by atoms with E-state index in [2.05, 4.69) is 41.5 Å². The molecule has 0 saturated heterocycles. The standard InChI is InChI=1S/C40H48N2O4/c1-29(45-35-23-19-31(20-24-35)39(3,4)5)37(43)41(33-15-11-9-12-16-33)27-28-42(34-17-13-10-14-18-34)38(44)30(2)46-36-25-21-32(22-26-36)40(6,7)8/h9-26,29-30H,27-28H2,1-8H3. The van der Waals surface area contributed by atoms with Crippen LogP contribution in [0.15, 0.2) is 109 Å². The number of carbonyl (C=O) groups is 2. The van der Waals surface area contributed by atoms with Gasteiger partial charge < -0.3 is 19.3 Å². The molecular weight excluding hydrogens is 572 g/mol. The Morgan fingerprint density at radius 3 is 1.11 bits per heavy atom. The highest BCUT2D eigenvalue weighted by Crippen LogP contribution is 2.27. The SMILES string of the molecule is CC(Oc1ccc(C(C)(C)C)cc1)C(=O)N(CCN(C(=O)C(C)Oc1ccc(C(C)(C)C)cc1)c1ccccc1)c1ccccc1. The number of amides is 2. The molecule has 46 heavy (non-hydrogen) atoms. The van der Waals surface area contributed by atoms with Crippen LogP contribution in [-0.4, -0.2) is 37.1 Å². The van der Waals surface area contributed by atoms with Crippen molar-refractivity contribution >= 4 is 23.2 Å². The van der Waals surface area contributed by atoms with Crippen molar-refractivity contribution in [2.24, 2.45) is 0 Å². The Morgan fingerprint density at radius 2 is 0.826 bits per heavy atom. The topological polar surface area (TPSA) is 59.1 Å². The van der Waals surface area contributed by atoms with Gasteiger partial charge in [-0.25, -0.2) is 0 Å². The summed E-state index contributed by atoms with van der Waals surface area (Å²) < 4.78 is 12.3. The van der Waals surface area contributed by atoms with Crippen LogP contribution in [0, 0.1) is 0 Å². The first-order valence-corrected chi connectivity index (χ1v) is 16.0. The Labute approximate surface area is 275 Å². The zero-order valence-electron chi connectivity index (χ0n) is 28.5. The number of hydrogen-bond donors (Lipinski definition) is 0. The molecule has 2 unspecified atom stereocenters. The molecule has 0 aliphatic heterocycles. The van der Waals surface area contributed by atoms with Gasteiger partial charge in [-0.1, -0.05) is 102 Å². The Balaban J connectivity index is 1.53. The second kappa shape index (κ2) is 14.7. The molecule has 2 atom stereocenters. The first-order chi connectivity index (χ1) is 21.7. The summed E-state index contributed by atoms with van der Waals surface area (Å²) in [6.07, 6.45) is -1.50. The lowest BCUT2D eigenvalue weighted by Crippen LogP contribution is -2.48. The molecule has 2 amide bonds. The summed E-state index contributed by atoms with van der Waals surface area (Å²) >= 11 is 0. The predicted octanol–water partition coefficient (Wildman–Crippen LogP) is 8.58. The van der Waals surface area contributed by atoms with Gasteiger partial charge in [0.05, 0.1) is 0 Å². The molecular formula is C40H48N2O4. The third-order valence-electron chi connectivity index (χ3n) is 7.98. The molecule has 4 rings (SSSR count). The summed E-state index contributed by atoms with van der Waals surface area (Å²) in [6, 6.07) is 34.8. The van der Waals surface area contributed by atoms with Crippen molar-refractivity contribution in [3.05, 3.63) is 120 Å². The van der Waals surface area contributed by atoms with E-state index >= 15 is 0 Å². The molecule has 6 heteroatoms. The molecule has 0 aliphatic carbocycles. The van der Waals surface area contributed by atoms with E-state index in [0.29, 0.717) is 11.5 Å². The summed E-state index contributed by atoms with van der Waals surface area (Å²) in [5.74, 6) is 0.860. The van der Waals surface area contributed by atoms with E-state index in [-0.39, 0.29) is 35.7 Å². The molecule has 0 aliphatic rings. The van der Waals surface area contributed by atoms with Crippen molar-refractivity contribution in [2.45, 2.75) is 78.4 Å². The van der Waals surface area contributed by atoms with Crippen LogP contribution in [0.2, 0.25) is 0 Å². The third-order valence-corrected chi connectivity index (χ3v) is 7.98. The number of hydrogen-bond acceptors (Lipinski definition) is 4. The van der Waals surface area contributed by atoms with Gasteiger partial charge in [0.1, 0.15) is 11.5 Å². The van der Waals surface area contributed by atoms with E-state index in [0.717, 1.165) is 11.4 Å². The molecule has 0 N–H and O–H groups in total. The normalized spacial score (nSPS) is 13.0. The minimum Gasteiger partial charge on any atom is -0.481 e. The van der Waals surface area contributed by atoms with Crippen molar-refractivity contribution in [3.63, 3.8) is 0 Å². The van der Waals surface area contributed by atoms with Crippen LogP contribution in [0.25, 0.3) is 0 Å². The number of rotatable bonds is 11. The van der Waals surface area contributed by atoms with Crippen molar-refractivity contribution in [1.82, 2.24) is 0 Å². The number of carbonyl (C=O) groups excluding carboxylic acids is 2. The van der Waals surface area contributed by atoms with Gasteiger partial charge in [-0.05, 0) is 84.3 Å². The fourth-order valence-electron chi connectivity index (χ4n) is 5.16. The van der Waals surface area contributed by atoms with Crippen LogP contribution in [0.5, 0.6) is 11.5 Å². The van der Waals surface area contributed by atoms with Gasteiger partial charge in [-0.3, -0.25) is 9.59 Å². The molecule has 6 nitrogen and oxygen atoms in total. The summed E-state index contributed by atoms with van der Waals surface area (Å²) in [5.41, 5.74) is 3.88. The Kier molecular flexibility index (Phi) is 10.9. The Bertz CT molecular complexity index is 1430. The maximum Gasteiger partial charge on any atom is 0.267 e. The minimum atomic E-state index is -0.750. The second-order valence-corrected chi connectivity index (χ2v) is 13.7. The fourth-order valence-corrected chi connectivity index (χ4v) is 5.16. The lowest BCUT2D eigenvalue weighted by atomic mass is 9.87. The Hall–Kier alpha value is -4.58. The van der Waals surface area contributed by atoms with Crippen LogP contribution in [0.4, 0.5) is 11.4 Å². The molecule has 4 aromatic rings. The third kappa shape index (κ3) is 9.00. The van der Waals surface area contributed by atoms with E-state index in [9.17, 15) is 9.59 Å². The highest BCUT2D eigenvalue weighted by molar-refractivity contribution is 5.98. The first kappa shape index (κ1) is 34.3. The maximum atomic E-state index is 13.9. The van der Waals surface area contributed by atoms with Crippen LogP contribution >= 0.6 is 0 Å². The van der Waals surface area contributed by atoms with Crippen LogP contribution < -0.4 is 19.3 Å². The van der Waals surface area contributed by atoms with Crippen LogP contribution in [-0.2, 0) is 20.4 Å². The minimum absolute atomic E-state index is 0.0194. The smallest absolute Gasteiger partial charge is 0.267 e. The van der Waals surface area contributed by atoms with E-state index in [1.807, 2.05) is 109 Å². The van der Waals surface area contributed by atoms with Gasteiger partial charge in [0.2, 0.25) is 0 Å². The Morgan fingerprint density at radius 1 is 0.522 bits per heavy atom. The highest BCUT2D eigenvalue weighted by Gasteiger charge is 2.28. The van der Waals surface area contributed by atoms with Crippen LogP contribution in [0.3, 0.4) is 0 Å². The van der Waals surface area contributed by atoms with E-state index in [1.165, 1.54) is 11.1 Å². The number of nitrogens with zero attached hydrogens (tertiary/aromatic N) is 2. The molecule has 0 heterocycles. The summed E-state index contributed by atoms with van der Waals surface area (Å²) in [4.78, 5) is 31.3. The van der Waals surface area contributed by atoms with Crippen molar-refractivity contribution in [3.8, 4) is 11.5 Å². The fraction of sp³-hybridized carbons (Fsp3) is 0.350. The lowest BCUT2D eigenvalue weighted by molar-refractivity contribution is -0.126. The van der Waals surface area contributed by atoms with E-state index in [1.54, 1.807) is 23.6 Å². The number of anilines is 2. The van der Waals surface area contributed by atoms with Gasteiger partial charge >= 0.3 is 0 Å². The van der Waals surface area contributed by atoms with Crippen molar-refractivity contribution in [1.29, 1.82) is 0 Å². The predicted molar refractivity (Wildman–Crippen MR) is 188 cm³/mol. The number of benzene rings is 4. The van der Waals surface area contributed by atoms with Gasteiger partial charge in [0.15, 0.2) is 12.2 Å². The zero-order valence-corrected chi connectivity index (χ0v) is 28.5. The average Bonchev–Trinajstić information content (AvgIpc) is 3.03. The summed E-state index contributed by atoms with van der Waals surface area (Å²) in [5, 5.41) is 0. The largest absolute Gasteiger partial charge is 0.481 e. The molecule has 0 aromatic heterocycles. The lowest BCUT2D eigenvalue weighted by Gasteiger charge is -2.31. The van der Waals surface area contributed by atoms with Crippen LogP contribution in [0.1, 0.15) is 66.5 Å². The van der Waals surface area contributed by atoms with Gasteiger partial charge in [0.25, 0.3) is 11.8 Å². The number of para-hydroxylation sites is 2. The summed E-state index contributed by atoms with van der Waals surface area (Å²) in [6.45, 7) is 17.0. The second-order valence-electron chi connectivity index (χ2n) is 13.7. The quantitative estimate of drug-likeness (QED) is 0.169. The molecule has 0 radical (unpaired) electrons. The number of ether oxygens (including phenoxy) is 2. The zero-order chi connectivity index (χ0) is 33.5. The molecule has 242 valence electrons. The molecule has 0 fully saturated rings. The first-order valence-electron chi connectivity index (χ1n) is 16.0. The van der Waals surface area contributed by atoms with Gasteiger partial charge in [-0.15, -0.1) is 0 Å². The summed E-state index contributed by atoms with van der Waals surface area (Å²) in [7, 11) is 0. The van der Waals surface area contributed by atoms with Crippen molar-refractivity contribution < 1.29 is 19.1 Å². The van der Waals surface area contributed by atoms with E-state index in [4.69, 9.17) is 9.47 Å². The van der Waals surface area contributed by atoms with Gasteiger partial charge in [-0.2, -0.15) is 0 Å². The highest BCUT2D eigenvalue weighted by atomic mass is 16.5. The molecule has 0 spiro atoms. The van der Waals surface area contributed by atoms with E-state index < -0.39 is 12.2 Å². The molecule has 0 saturated carbocycles. The van der Waals surface area contributed by atoms with Gasteiger partial charge in [0, 0.05) is 24.5 Å². The molecule has 4 aromatic carbocycles. The van der Waals surface area contributed by atoms with Crippen molar-refractivity contribution in [2.75, 3.05) is 22.9 Å². The average molecular weight is 621 g/mol.